The first-order valence-electron chi connectivity index (χ1n) is 4.86. The number of methoxy groups -OCH3 is 1. The predicted octanol–water partition coefficient (Wildman–Crippen LogP) is 0.395. The summed E-state index contributed by atoms with van der Waals surface area (Å²) in [6.45, 7) is 0. The van der Waals surface area contributed by atoms with Gasteiger partial charge in [-0.25, -0.2) is 4.79 Å². The lowest BCUT2D eigenvalue weighted by molar-refractivity contribution is 0.0570. The molecule has 1 fully saturated rings. The summed E-state index contributed by atoms with van der Waals surface area (Å²) in [5, 5.41) is 2.84. The maximum absolute atomic E-state index is 11.1. The van der Waals surface area contributed by atoms with Crippen LogP contribution < -0.4 is 11.1 Å². The highest BCUT2D eigenvalue weighted by atomic mass is 16.5. The molecule has 0 aromatic rings. The van der Waals surface area contributed by atoms with Gasteiger partial charge in [-0.2, -0.15) is 4.99 Å². The van der Waals surface area contributed by atoms with Gasteiger partial charge in [0.25, 0.3) is 0 Å². The maximum Gasteiger partial charge on any atom is 0.343 e. The van der Waals surface area contributed by atoms with Gasteiger partial charge < -0.3 is 15.8 Å². The van der Waals surface area contributed by atoms with Gasteiger partial charge in [0.1, 0.15) is 5.84 Å². The number of hydrogen-bond donors (Lipinski definition) is 2. The summed E-state index contributed by atoms with van der Waals surface area (Å²) in [6.07, 6.45) is 3.80. The predicted molar refractivity (Wildman–Crippen MR) is 52.2 cm³/mol. The third-order valence-corrected chi connectivity index (χ3v) is 3.18. The molecular weight excluding hydrogens is 182 g/mol. The molecule has 2 aliphatic rings. The molecule has 3 N–H and O–H groups in total. The molecule has 0 saturated heterocycles. The van der Waals surface area contributed by atoms with E-state index in [-0.39, 0.29) is 11.6 Å². The van der Waals surface area contributed by atoms with Crippen molar-refractivity contribution in [2.24, 2.45) is 10.7 Å². The van der Waals surface area contributed by atoms with Crippen LogP contribution in [0.5, 0.6) is 0 Å². The molecule has 14 heavy (non-hydrogen) atoms. The van der Waals surface area contributed by atoms with E-state index in [9.17, 15) is 4.79 Å². The third-order valence-electron chi connectivity index (χ3n) is 3.18. The van der Waals surface area contributed by atoms with E-state index in [0.29, 0.717) is 11.9 Å². The van der Waals surface area contributed by atoms with Crippen molar-refractivity contribution in [2.75, 3.05) is 7.11 Å². The van der Waals surface area contributed by atoms with Crippen LogP contribution in [0, 0.1) is 0 Å². The first-order chi connectivity index (χ1) is 6.66. The highest BCUT2D eigenvalue weighted by Gasteiger charge is 2.43. The van der Waals surface area contributed by atoms with E-state index in [1.807, 2.05) is 0 Å². The van der Waals surface area contributed by atoms with Gasteiger partial charge in [0.05, 0.1) is 11.6 Å². The average Bonchev–Trinajstić information content (AvgIpc) is 2.43. The Kier molecular flexibility index (Phi) is 2.19. The van der Waals surface area contributed by atoms with Crippen LogP contribution in [0.15, 0.2) is 4.99 Å². The Morgan fingerprint density at radius 3 is 2.64 bits per heavy atom. The number of amidine groups is 1. The Hall–Kier alpha value is -1.10. The average molecular weight is 197 g/mol. The van der Waals surface area contributed by atoms with Crippen molar-refractivity contribution >= 4 is 11.9 Å². The summed E-state index contributed by atoms with van der Waals surface area (Å²) in [6, 6.07) is -0.307. The minimum absolute atomic E-state index is 0.297. The van der Waals surface area contributed by atoms with Crippen molar-refractivity contribution in [3.8, 4) is 0 Å². The highest BCUT2D eigenvalue weighted by molar-refractivity contribution is 6.05. The number of nitrogens with zero attached hydrogens (tertiary/aromatic N) is 1. The number of rotatable bonds is 1. The number of nitrogens with one attached hydrogen (secondary N) is 1. The molecule has 5 heteroatoms. The standard InChI is InChI=1S/C9H15N3O2/c1-14-6-2-4-9(5-3-6)7(10)11-8(13)12-9/h6H,2-5H2,1H3,(H3,10,11,12,13). The molecule has 5 nitrogen and oxygen atoms in total. The summed E-state index contributed by atoms with van der Waals surface area (Å²) in [4.78, 5) is 14.8. The first kappa shape index (κ1) is 9.45. The fraction of sp³-hybridized carbons (Fsp3) is 0.778. The number of carbonyl (C=O) groups is 1. The van der Waals surface area contributed by atoms with Crippen LogP contribution in [-0.4, -0.2) is 30.6 Å². The molecule has 1 heterocycles. The topological polar surface area (TPSA) is 76.7 Å². The molecule has 1 aliphatic carbocycles. The summed E-state index contributed by atoms with van der Waals surface area (Å²) >= 11 is 0. The number of aliphatic imine (C=N–C) groups is 1. The molecule has 2 rings (SSSR count). The van der Waals surface area contributed by atoms with Gasteiger partial charge >= 0.3 is 6.03 Å². The van der Waals surface area contributed by atoms with Crippen molar-refractivity contribution in [2.45, 2.75) is 37.3 Å². The molecular formula is C9H15N3O2. The second-order valence-corrected chi connectivity index (χ2v) is 3.94. The van der Waals surface area contributed by atoms with Gasteiger partial charge in [-0.05, 0) is 25.7 Å². The SMILES string of the molecule is COC1CCC2(CC1)NC(=O)N=C2N. The summed E-state index contributed by atoms with van der Waals surface area (Å²) < 4.78 is 5.26. The van der Waals surface area contributed by atoms with Gasteiger partial charge in [0.15, 0.2) is 0 Å². The van der Waals surface area contributed by atoms with Crippen LogP contribution in [0.4, 0.5) is 4.79 Å². The monoisotopic (exact) mass is 197 g/mol. The number of carbonyl (C=O) groups excluding carboxylic acids is 1. The lowest BCUT2D eigenvalue weighted by Crippen LogP contribution is -2.54. The van der Waals surface area contributed by atoms with Crippen molar-refractivity contribution in [3.05, 3.63) is 0 Å². The van der Waals surface area contributed by atoms with Gasteiger partial charge in [0, 0.05) is 7.11 Å². The van der Waals surface area contributed by atoms with E-state index in [1.165, 1.54) is 0 Å². The lowest BCUT2D eigenvalue weighted by atomic mass is 9.80. The quantitative estimate of drug-likeness (QED) is 0.638. The number of ether oxygens (including phenoxy) is 1. The Balaban J connectivity index is 2.07. The molecule has 1 spiro atoms. The second-order valence-electron chi connectivity index (χ2n) is 3.94. The molecule has 0 unspecified atom stereocenters. The third kappa shape index (κ3) is 1.37. The molecule has 0 radical (unpaired) electrons. The van der Waals surface area contributed by atoms with Gasteiger partial charge in [-0.15, -0.1) is 0 Å². The van der Waals surface area contributed by atoms with E-state index in [4.69, 9.17) is 10.5 Å². The Morgan fingerprint density at radius 1 is 1.57 bits per heavy atom. The van der Waals surface area contributed by atoms with E-state index >= 15 is 0 Å². The largest absolute Gasteiger partial charge is 0.385 e. The molecule has 0 aromatic heterocycles. The van der Waals surface area contributed by atoms with Crippen LogP contribution in [0.3, 0.4) is 0 Å². The second kappa shape index (κ2) is 3.24. The minimum atomic E-state index is -0.369. The number of amides is 2. The molecule has 0 atom stereocenters. The van der Waals surface area contributed by atoms with Crippen LogP contribution in [0.1, 0.15) is 25.7 Å². The number of hydrogen-bond acceptors (Lipinski definition) is 3. The zero-order chi connectivity index (χ0) is 10.2. The van der Waals surface area contributed by atoms with Crippen molar-refractivity contribution in [1.29, 1.82) is 0 Å². The molecule has 0 bridgehead atoms. The fourth-order valence-electron chi connectivity index (χ4n) is 2.21. The van der Waals surface area contributed by atoms with E-state index in [2.05, 4.69) is 10.3 Å². The molecule has 1 aliphatic heterocycles. The van der Waals surface area contributed by atoms with E-state index < -0.39 is 0 Å². The number of urea groups is 1. The van der Waals surface area contributed by atoms with E-state index in [0.717, 1.165) is 25.7 Å². The van der Waals surface area contributed by atoms with E-state index in [1.54, 1.807) is 7.11 Å². The van der Waals surface area contributed by atoms with Gasteiger partial charge in [-0.1, -0.05) is 0 Å². The van der Waals surface area contributed by atoms with Crippen LogP contribution in [-0.2, 0) is 4.74 Å². The van der Waals surface area contributed by atoms with Gasteiger partial charge in [-0.3, -0.25) is 0 Å². The Morgan fingerprint density at radius 2 is 2.21 bits per heavy atom. The smallest absolute Gasteiger partial charge is 0.343 e. The zero-order valence-corrected chi connectivity index (χ0v) is 8.25. The van der Waals surface area contributed by atoms with Crippen LogP contribution in [0.25, 0.3) is 0 Å². The van der Waals surface area contributed by atoms with Crippen molar-refractivity contribution < 1.29 is 9.53 Å². The lowest BCUT2D eigenvalue weighted by Gasteiger charge is -2.36. The number of nitrogens with two attached hydrogens (primary N) is 1. The Labute approximate surface area is 82.7 Å². The Bertz CT molecular complexity index is 280. The molecule has 78 valence electrons. The van der Waals surface area contributed by atoms with Crippen LogP contribution >= 0.6 is 0 Å². The highest BCUT2D eigenvalue weighted by Crippen LogP contribution is 2.32. The summed E-state index contributed by atoms with van der Waals surface area (Å²) in [7, 11) is 1.72. The molecule has 1 saturated carbocycles. The normalized spacial score (nSPS) is 37.1. The first-order valence-corrected chi connectivity index (χ1v) is 4.86. The fourth-order valence-corrected chi connectivity index (χ4v) is 2.21. The molecule has 0 aromatic carbocycles. The minimum Gasteiger partial charge on any atom is -0.385 e. The maximum atomic E-state index is 11.1. The zero-order valence-electron chi connectivity index (χ0n) is 8.25. The van der Waals surface area contributed by atoms with Crippen molar-refractivity contribution in [1.82, 2.24) is 5.32 Å². The summed E-state index contributed by atoms with van der Waals surface area (Å²) in [5.41, 5.74) is 5.38. The van der Waals surface area contributed by atoms with Crippen LogP contribution in [0.2, 0.25) is 0 Å². The van der Waals surface area contributed by atoms with Crippen molar-refractivity contribution in [3.63, 3.8) is 0 Å². The van der Waals surface area contributed by atoms with Gasteiger partial charge in [0.2, 0.25) is 0 Å². The summed E-state index contributed by atoms with van der Waals surface area (Å²) in [5.74, 6) is 0.442. The molecule has 2 amide bonds.